The Morgan fingerprint density at radius 1 is 1.44 bits per heavy atom. The van der Waals surface area contributed by atoms with E-state index in [-0.39, 0.29) is 6.04 Å². The minimum atomic E-state index is -0.583. The predicted octanol–water partition coefficient (Wildman–Crippen LogP) is 1.54. The molecule has 18 heavy (non-hydrogen) atoms. The summed E-state index contributed by atoms with van der Waals surface area (Å²) >= 11 is 0. The lowest BCUT2D eigenvalue weighted by Gasteiger charge is -2.29. The number of benzene rings is 1. The lowest BCUT2D eigenvalue weighted by atomic mass is 9.83. The van der Waals surface area contributed by atoms with Crippen molar-refractivity contribution in [1.82, 2.24) is 0 Å². The molecule has 2 atom stereocenters. The number of rotatable bonds is 4. The molecule has 3 N–H and O–H groups in total. The van der Waals surface area contributed by atoms with Gasteiger partial charge in [-0.15, -0.1) is 0 Å². The molecule has 0 saturated carbocycles. The highest BCUT2D eigenvalue weighted by Gasteiger charge is 2.28. The second kappa shape index (κ2) is 5.69. The molecule has 0 bridgehead atoms. The normalized spacial score (nSPS) is 22.7. The highest BCUT2D eigenvalue weighted by molar-refractivity contribution is 5.47. The fraction of sp³-hybridized carbons (Fsp3) is 0.571. The van der Waals surface area contributed by atoms with E-state index in [1.807, 2.05) is 19.1 Å². The zero-order chi connectivity index (χ0) is 13.1. The number of aliphatic hydroxyl groups is 1. The zero-order valence-electron chi connectivity index (χ0n) is 11.0. The SMILES string of the molecule is CCOCc1c(OC)ccc2c1CC[C@H](N)[C@H]2O. The number of ether oxygens (including phenoxy) is 2. The van der Waals surface area contributed by atoms with Crippen LogP contribution in [-0.4, -0.2) is 24.9 Å². The average molecular weight is 251 g/mol. The van der Waals surface area contributed by atoms with Crippen molar-refractivity contribution in [3.05, 3.63) is 28.8 Å². The maximum Gasteiger partial charge on any atom is 0.124 e. The van der Waals surface area contributed by atoms with Crippen molar-refractivity contribution in [3.8, 4) is 5.75 Å². The van der Waals surface area contributed by atoms with Crippen LogP contribution in [-0.2, 0) is 17.8 Å². The summed E-state index contributed by atoms with van der Waals surface area (Å²) in [6, 6.07) is 3.62. The van der Waals surface area contributed by atoms with Crippen LogP contribution in [0.15, 0.2) is 12.1 Å². The van der Waals surface area contributed by atoms with Crippen LogP contribution in [0.1, 0.15) is 36.1 Å². The molecule has 0 spiro atoms. The second-order valence-corrected chi connectivity index (χ2v) is 4.60. The summed E-state index contributed by atoms with van der Waals surface area (Å²) in [5, 5.41) is 10.1. The van der Waals surface area contributed by atoms with Crippen molar-refractivity contribution in [2.45, 2.75) is 38.5 Å². The highest BCUT2D eigenvalue weighted by Crippen LogP contribution is 2.35. The van der Waals surface area contributed by atoms with Gasteiger partial charge >= 0.3 is 0 Å². The maximum absolute atomic E-state index is 10.1. The first kappa shape index (κ1) is 13.3. The van der Waals surface area contributed by atoms with E-state index in [0.29, 0.717) is 13.2 Å². The van der Waals surface area contributed by atoms with E-state index < -0.39 is 6.10 Å². The Balaban J connectivity index is 2.42. The Morgan fingerprint density at radius 2 is 2.22 bits per heavy atom. The van der Waals surface area contributed by atoms with Gasteiger partial charge in [0.15, 0.2) is 0 Å². The third-order valence-corrected chi connectivity index (χ3v) is 3.55. The van der Waals surface area contributed by atoms with Gasteiger partial charge in [0.05, 0.1) is 19.8 Å². The molecule has 1 aliphatic carbocycles. The largest absolute Gasteiger partial charge is 0.496 e. The summed E-state index contributed by atoms with van der Waals surface area (Å²) in [6.07, 6.45) is 1.08. The van der Waals surface area contributed by atoms with Crippen molar-refractivity contribution in [3.63, 3.8) is 0 Å². The Morgan fingerprint density at radius 3 is 2.89 bits per heavy atom. The maximum atomic E-state index is 10.1. The molecule has 2 rings (SSSR count). The van der Waals surface area contributed by atoms with Crippen LogP contribution in [0, 0.1) is 0 Å². The zero-order valence-corrected chi connectivity index (χ0v) is 11.0. The lowest BCUT2D eigenvalue weighted by Crippen LogP contribution is -2.33. The first-order valence-corrected chi connectivity index (χ1v) is 6.39. The van der Waals surface area contributed by atoms with E-state index in [1.54, 1.807) is 7.11 Å². The molecule has 0 radical (unpaired) electrons. The number of hydrogen-bond acceptors (Lipinski definition) is 4. The Kier molecular flexibility index (Phi) is 4.22. The molecule has 0 saturated heterocycles. The van der Waals surface area contributed by atoms with Gasteiger partial charge in [0.25, 0.3) is 0 Å². The third kappa shape index (κ3) is 2.36. The van der Waals surface area contributed by atoms with Crippen LogP contribution in [0.2, 0.25) is 0 Å². The molecular weight excluding hydrogens is 230 g/mol. The molecule has 0 fully saturated rings. The molecule has 1 aromatic carbocycles. The van der Waals surface area contributed by atoms with Gasteiger partial charge in [0, 0.05) is 18.2 Å². The number of fused-ring (bicyclic) bond motifs is 1. The number of nitrogens with two attached hydrogens (primary N) is 1. The fourth-order valence-corrected chi connectivity index (χ4v) is 2.52. The first-order chi connectivity index (χ1) is 8.69. The van der Waals surface area contributed by atoms with Gasteiger partial charge in [-0.25, -0.2) is 0 Å². The monoisotopic (exact) mass is 251 g/mol. The van der Waals surface area contributed by atoms with Crippen molar-refractivity contribution in [2.24, 2.45) is 5.73 Å². The van der Waals surface area contributed by atoms with Gasteiger partial charge < -0.3 is 20.3 Å². The van der Waals surface area contributed by atoms with Gasteiger partial charge in [-0.2, -0.15) is 0 Å². The van der Waals surface area contributed by atoms with Gasteiger partial charge in [0.2, 0.25) is 0 Å². The topological polar surface area (TPSA) is 64.7 Å². The van der Waals surface area contributed by atoms with Gasteiger partial charge in [0.1, 0.15) is 5.75 Å². The summed E-state index contributed by atoms with van der Waals surface area (Å²) in [4.78, 5) is 0. The predicted molar refractivity (Wildman–Crippen MR) is 69.6 cm³/mol. The Hall–Kier alpha value is -1.10. The molecule has 100 valence electrons. The van der Waals surface area contributed by atoms with Crippen molar-refractivity contribution in [2.75, 3.05) is 13.7 Å². The number of hydrogen-bond donors (Lipinski definition) is 2. The van der Waals surface area contributed by atoms with E-state index in [0.717, 1.165) is 35.3 Å². The smallest absolute Gasteiger partial charge is 0.124 e. The van der Waals surface area contributed by atoms with Crippen LogP contribution in [0.5, 0.6) is 5.75 Å². The second-order valence-electron chi connectivity index (χ2n) is 4.60. The van der Waals surface area contributed by atoms with Crippen LogP contribution < -0.4 is 10.5 Å². The van der Waals surface area contributed by atoms with Crippen molar-refractivity contribution >= 4 is 0 Å². The molecule has 0 amide bonds. The van der Waals surface area contributed by atoms with E-state index in [4.69, 9.17) is 15.2 Å². The van der Waals surface area contributed by atoms with Crippen LogP contribution in [0.25, 0.3) is 0 Å². The average Bonchev–Trinajstić information content (AvgIpc) is 2.40. The quantitative estimate of drug-likeness (QED) is 0.852. The summed E-state index contributed by atoms with van der Waals surface area (Å²) in [5.41, 5.74) is 9.00. The minimum Gasteiger partial charge on any atom is -0.496 e. The molecule has 0 unspecified atom stereocenters. The van der Waals surface area contributed by atoms with Gasteiger partial charge in [-0.1, -0.05) is 6.07 Å². The minimum absolute atomic E-state index is 0.175. The van der Waals surface area contributed by atoms with E-state index in [9.17, 15) is 5.11 Å². The van der Waals surface area contributed by atoms with E-state index >= 15 is 0 Å². The molecule has 4 heteroatoms. The molecule has 1 aliphatic rings. The molecule has 0 aliphatic heterocycles. The Labute approximate surface area is 108 Å². The first-order valence-electron chi connectivity index (χ1n) is 6.39. The summed E-state index contributed by atoms with van der Waals surface area (Å²) in [5.74, 6) is 0.824. The van der Waals surface area contributed by atoms with Crippen LogP contribution >= 0.6 is 0 Å². The van der Waals surface area contributed by atoms with E-state index in [1.165, 1.54) is 0 Å². The van der Waals surface area contributed by atoms with Crippen molar-refractivity contribution < 1.29 is 14.6 Å². The number of methoxy groups -OCH3 is 1. The fourth-order valence-electron chi connectivity index (χ4n) is 2.52. The summed E-state index contributed by atoms with van der Waals surface area (Å²) in [7, 11) is 1.65. The summed E-state index contributed by atoms with van der Waals surface area (Å²) in [6.45, 7) is 3.15. The van der Waals surface area contributed by atoms with Crippen LogP contribution in [0.3, 0.4) is 0 Å². The molecule has 0 aromatic heterocycles. The molecule has 4 nitrogen and oxygen atoms in total. The summed E-state index contributed by atoms with van der Waals surface area (Å²) < 4.78 is 10.9. The highest BCUT2D eigenvalue weighted by atomic mass is 16.5. The van der Waals surface area contributed by atoms with E-state index in [2.05, 4.69) is 0 Å². The lowest BCUT2D eigenvalue weighted by molar-refractivity contribution is 0.123. The Bertz CT molecular complexity index is 420. The van der Waals surface area contributed by atoms with Crippen molar-refractivity contribution in [1.29, 1.82) is 0 Å². The molecule has 0 heterocycles. The third-order valence-electron chi connectivity index (χ3n) is 3.55. The van der Waals surface area contributed by atoms with Gasteiger partial charge in [-0.3, -0.25) is 0 Å². The van der Waals surface area contributed by atoms with Crippen LogP contribution in [0.4, 0.5) is 0 Å². The molecular formula is C14H21NO3. The number of aliphatic hydroxyl groups excluding tert-OH is 1. The van der Waals surface area contributed by atoms with Gasteiger partial charge in [-0.05, 0) is 37.0 Å². The standard InChI is InChI=1S/C14H21NO3/c1-3-18-8-11-9-4-6-12(15)14(16)10(9)5-7-13(11)17-2/h5,7,12,14,16H,3-4,6,8,15H2,1-2H3/t12-,14-/m0/s1. The molecule has 1 aromatic rings.